The zero-order chi connectivity index (χ0) is 15.6. The first-order valence-electron chi connectivity index (χ1n) is 6.09. The maximum Gasteiger partial charge on any atom is 0.187 e. The molecule has 0 spiro atoms. The molecular weight excluding hydrogens is 296 g/mol. The highest BCUT2D eigenvalue weighted by molar-refractivity contribution is 6.31. The molecule has 0 aromatic heterocycles. The molecule has 0 amide bonds. The minimum absolute atomic E-state index is 0.0389. The van der Waals surface area contributed by atoms with Gasteiger partial charge in [0.05, 0.1) is 11.6 Å². The van der Waals surface area contributed by atoms with Crippen LogP contribution in [0, 0.1) is 29.9 Å². The highest BCUT2D eigenvalue weighted by Crippen LogP contribution is 2.29. The van der Waals surface area contributed by atoms with Crippen LogP contribution in [0.3, 0.4) is 0 Å². The lowest BCUT2D eigenvalue weighted by Crippen LogP contribution is -2.14. The number of nitriles is 1. The topological polar surface area (TPSA) is 40.9 Å². The van der Waals surface area contributed by atoms with Gasteiger partial charge in [-0.25, -0.2) is 8.78 Å². The van der Waals surface area contributed by atoms with Crippen LogP contribution >= 0.6 is 11.6 Å². The quantitative estimate of drug-likeness (QED) is 0.788. The monoisotopic (exact) mass is 305 g/mol. The molecule has 0 N–H and O–H groups in total. The third-order valence-corrected chi connectivity index (χ3v) is 3.45. The van der Waals surface area contributed by atoms with E-state index in [1.54, 1.807) is 6.07 Å². The zero-order valence-electron chi connectivity index (χ0n) is 11.0. The molecule has 0 saturated carbocycles. The number of carbonyl (C=O) groups excluding carboxylic acids is 1. The van der Waals surface area contributed by atoms with Gasteiger partial charge in [-0.1, -0.05) is 29.8 Å². The normalized spacial score (nSPS) is 11.8. The van der Waals surface area contributed by atoms with E-state index in [0.717, 1.165) is 12.1 Å². The lowest BCUT2D eigenvalue weighted by molar-refractivity contribution is 0.0974. The van der Waals surface area contributed by atoms with Crippen molar-refractivity contribution in [3.63, 3.8) is 0 Å². The summed E-state index contributed by atoms with van der Waals surface area (Å²) in [7, 11) is 0. The summed E-state index contributed by atoms with van der Waals surface area (Å²) >= 11 is 5.87. The Labute approximate surface area is 125 Å². The Balaban J connectivity index is 2.49. The van der Waals surface area contributed by atoms with Gasteiger partial charge in [0, 0.05) is 5.02 Å². The number of carbonyl (C=O) groups is 1. The molecule has 2 nitrogen and oxygen atoms in total. The van der Waals surface area contributed by atoms with Crippen LogP contribution in [-0.2, 0) is 0 Å². The molecule has 0 saturated heterocycles. The highest BCUT2D eigenvalue weighted by Gasteiger charge is 2.26. The number of ketones is 1. The van der Waals surface area contributed by atoms with Crippen LogP contribution in [0.25, 0.3) is 0 Å². The first-order valence-corrected chi connectivity index (χ1v) is 6.47. The number of rotatable bonds is 3. The standard InChI is InChI=1S/C16H10ClF2NO/c1-9-3-2-4-12(15(9)19)16(21)13(8-20)11-6-5-10(18)7-14(11)17/h2-7,13H,1H3. The minimum Gasteiger partial charge on any atom is -0.292 e. The summed E-state index contributed by atoms with van der Waals surface area (Å²) in [5.74, 6) is -3.22. The molecule has 106 valence electrons. The molecule has 5 heteroatoms. The van der Waals surface area contributed by atoms with Gasteiger partial charge in [-0.3, -0.25) is 4.79 Å². The summed E-state index contributed by atoms with van der Waals surface area (Å²) in [6, 6.07) is 9.55. The smallest absolute Gasteiger partial charge is 0.187 e. The van der Waals surface area contributed by atoms with Crippen molar-refractivity contribution < 1.29 is 13.6 Å². The van der Waals surface area contributed by atoms with E-state index in [9.17, 15) is 18.8 Å². The van der Waals surface area contributed by atoms with Gasteiger partial charge in [0.25, 0.3) is 0 Å². The Morgan fingerprint density at radius 3 is 2.62 bits per heavy atom. The van der Waals surface area contributed by atoms with Gasteiger partial charge >= 0.3 is 0 Å². The van der Waals surface area contributed by atoms with Crippen LogP contribution in [0.5, 0.6) is 0 Å². The zero-order valence-corrected chi connectivity index (χ0v) is 11.8. The maximum absolute atomic E-state index is 14.0. The molecule has 0 aliphatic rings. The molecule has 21 heavy (non-hydrogen) atoms. The number of aryl methyl sites for hydroxylation is 1. The Morgan fingerprint density at radius 1 is 1.29 bits per heavy atom. The Hall–Kier alpha value is -2.25. The van der Waals surface area contributed by atoms with Gasteiger partial charge in [-0.05, 0) is 36.2 Å². The predicted molar refractivity (Wildman–Crippen MR) is 75.2 cm³/mol. The summed E-state index contributed by atoms with van der Waals surface area (Å²) in [4.78, 5) is 12.4. The average molecular weight is 306 g/mol. The molecule has 0 aliphatic heterocycles. The number of hydrogen-bond donors (Lipinski definition) is 0. The van der Waals surface area contributed by atoms with Gasteiger partial charge in [-0.15, -0.1) is 0 Å². The molecule has 0 aliphatic carbocycles. The lowest BCUT2D eigenvalue weighted by atomic mass is 9.91. The van der Waals surface area contributed by atoms with Gasteiger partial charge < -0.3 is 0 Å². The third-order valence-electron chi connectivity index (χ3n) is 3.12. The molecule has 1 atom stereocenters. The molecule has 0 fully saturated rings. The third kappa shape index (κ3) is 2.93. The molecule has 2 rings (SSSR count). The van der Waals surface area contributed by atoms with Crippen LogP contribution < -0.4 is 0 Å². The lowest BCUT2D eigenvalue weighted by Gasteiger charge is -2.12. The summed E-state index contributed by atoms with van der Waals surface area (Å²) in [5.41, 5.74) is 0.288. The number of halogens is 3. The largest absolute Gasteiger partial charge is 0.292 e. The molecule has 0 heterocycles. The fourth-order valence-electron chi connectivity index (χ4n) is 2.00. The van der Waals surface area contributed by atoms with Gasteiger partial charge in [0.2, 0.25) is 0 Å². The molecule has 2 aromatic rings. The van der Waals surface area contributed by atoms with Gasteiger partial charge in [0.15, 0.2) is 5.78 Å². The second kappa shape index (κ2) is 6.02. The van der Waals surface area contributed by atoms with Crippen molar-refractivity contribution >= 4 is 17.4 Å². The van der Waals surface area contributed by atoms with Crippen molar-refractivity contribution in [2.24, 2.45) is 0 Å². The minimum atomic E-state index is -1.28. The number of hydrogen-bond acceptors (Lipinski definition) is 2. The number of Topliss-reactive ketones (excluding diaryl/α,β-unsaturated/α-hetero) is 1. The fourth-order valence-corrected chi connectivity index (χ4v) is 2.27. The van der Waals surface area contributed by atoms with Crippen LogP contribution in [0.15, 0.2) is 36.4 Å². The van der Waals surface area contributed by atoms with E-state index in [-0.39, 0.29) is 16.1 Å². The fraction of sp³-hybridized carbons (Fsp3) is 0.125. The van der Waals surface area contributed by atoms with E-state index in [1.807, 2.05) is 0 Å². The van der Waals surface area contributed by atoms with Crippen molar-refractivity contribution in [1.82, 2.24) is 0 Å². The summed E-state index contributed by atoms with van der Waals surface area (Å²) in [6.45, 7) is 1.53. The molecule has 1 unspecified atom stereocenters. The van der Waals surface area contributed by atoms with Crippen LogP contribution in [0.2, 0.25) is 5.02 Å². The van der Waals surface area contributed by atoms with Crippen molar-refractivity contribution in [3.05, 3.63) is 69.7 Å². The van der Waals surface area contributed by atoms with Crippen LogP contribution in [0.4, 0.5) is 8.78 Å². The summed E-state index contributed by atoms with van der Waals surface area (Å²) < 4.78 is 27.0. The van der Waals surface area contributed by atoms with Gasteiger partial charge in [-0.2, -0.15) is 5.26 Å². The molecule has 0 bridgehead atoms. The highest BCUT2D eigenvalue weighted by atomic mass is 35.5. The van der Waals surface area contributed by atoms with Crippen molar-refractivity contribution in [2.75, 3.05) is 0 Å². The molecule has 2 aromatic carbocycles. The summed E-state index contributed by atoms with van der Waals surface area (Å²) in [6.07, 6.45) is 0. The van der Waals surface area contributed by atoms with Crippen LogP contribution in [-0.4, -0.2) is 5.78 Å². The Kier molecular flexibility index (Phi) is 4.35. The SMILES string of the molecule is Cc1cccc(C(=O)C(C#N)c2ccc(F)cc2Cl)c1F. The first kappa shape index (κ1) is 15.1. The second-order valence-corrected chi connectivity index (χ2v) is 4.94. The van der Waals surface area contributed by atoms with E-state index in [2.05, 4.69) is 0 Å². The van der Waals surface area contributed by atoms with Crippen molar-refractivity contribution in [2.45, 2.75) is 12.8 Å². The van der Waals surface area contributed by atoms with E-state index in [1.165, 1.54) is 31.2 Å². The van der Waals surface area contributed by atoms with Crippen molar-refractivity contribution in [1.29, 1.82) is 5.26 Å². The van der Waals surface area contributed by atoms with Crippen molar-refractivity contribution in [3.8, 4) is 6.07 Å². The van der Waals surface area contributed by atoms with Crippen LogP contribution in [0.1, 0.15) is 27.4 Å². The molecule has 0 radical (unpaired) electrons. The van der Waals surface area contributed by atoms with E-state index < -0.39 is 23.3 Å². The van der Waals surface area contributed by atoms with E-state index in [4.69, 9.17) is 11.6 Å². The second-order valence-electron chi connectivity index (χ2n) is 4.53. The average Bonchev–Trinajstić information content (AvgIpc) is 2.44. The Morgan fingerprint density at radius 2 is 2.00 bits per heavy atom. The van der Waals surface area contributed by atoms with Gasteiger partial charge in [0.1, 0.15) is 17.6 Å². The first-order chi connectivity index (χ1) is 9.95. The summed E-state index contributed by atoms with van der Waals surface area (Å²) in [5, 5.41) is 9.18. The Bertz CT molecular complexity index is 752. The van der Waals surface area contributed by atoms with E-state index in [0.29, 0.717) is 5.56 Å². The predicted octanol–water partition coefficient (Wildman–Crippen LogP) is 4.42. The number of nitrogens with zero attached hydrogens (tertiary/aromatic N) is 1. The van der Waals surface area contributed by atoms with E-state index >= 15 is 0 Å². The molecular formula is C16H10ClF2NO. The number of benzene rings is 2. The maximum atomic E-state index is 14.0.